The van der Waals surface area contributed by atoms with Gasteiger partial charge in [0.15, 0.2) is 0 Å². The molecule has 0 radical (unpaired) electrons. The Morgan fingerprint density at radius 1 is 1.42 bits per heavy atom. The van der Waals surface area contributed by atoms with E-state index in [1.165, 1.54) is 32.4 Å². The van der Waals surface area contributed by atoms with E-state index in [1.807, 2.05) is 6.92 Å². The first kappa shape index (κ1) is 12.4. The molecule has 0 amide bonds. The second-order valence-electron chi connectivity index (χ2n) is 5.59. The third-order valence-corrected chi connectivity index (χ3v) is 3.90. The van der Waals surface area contributed by atoms with Crippen molar-refractivity contribution in [3.05, 3.63) is 17.5 Å². The van der Waals surface area contributed by atoms with Gasteiger partial charge in [0.25, 0.3) is 0 Å². The molecule has 2 fully saturated rings. The molecule has 1 aromatic heterocycles. The second-order valence-corrected chi connectivity index (χ2v) is 5.59. The van der Waals surface area contributed by atoms with E-state index in [1.54, 1.807) is 6.07 Å². The summed E-state index contributed by atoms with van der Waals surface area (Å²) in [5, 5.41) is 12.2. The maximum atomic E-state index is 8.89. The van der Waals surface area contributed by atoms with Crippen molar-refractivity contribution in [1.82, 2.24) is 14.9 Å². The standard InChI is InChI=1S/C14H19N5/c1-10-6-12(7-15)18-14(17-10)16-8-11-4-5-19(9-11)13-2-3-13/h6,11,13H,2-5,8-9H2,1H3,(H,16,17,18). The minimum absolute atomic E-state index is 0.432. The highest BCUT2D eigenvalue weighted by atomic mass is 15.2. The van der Waals surface area contributed by atoms with E-state index in [0.717, 1.165) is 18.3 Å². The quantitative estimate of drug-likeness (QED) is 0.886. The van der Waals surface area contributed by atoms with Gasteiger partial charge in [-0.25, -0.2) is 9.97 Å². The molecule has 5 nitrogen and oxygen atoms in total. The van der Waals surface area contributed by atoms with Crippen LogP contribution in [0, 0.1) is 24.2 Å². The van der Waals surface area contributed by atoms with Gasteiger partial charge in [-0.15, -0.1) is 0 Å². The van der Waals surface area contributed by atoms with Crippen molar-refractivity contribution in [2.75, 3.05) is 25.0 Å². The molecule has 3 rings (SSSR count). The number of nitrogens with zero attached hydrogens (tertiary/aromatic N) is 4. The van der Waals surface area contributed by atoms with Crippen molar-refractivity contribution < 1.29 is 0 Å². The van der Waals surface area contributed by atoms with Crippen LogP contribution >= 0.6 is 0 Å². The Bertz CT molecular complexity index is 503. The number of anilines is 1. The second kappa shape index (κ2) is 5.14. The fraction of sp³-hybridized carbons (Fsp3) is 0.643. The molecule has 1 saturated carbocycles. The first-order valence-electron chi connectivity index (χ1n) is 6.98. The summed E-state index contributed by atoms with van der Waals surface area (Å²) in [7, 11) is 0. The topological polar surface area (TPSA) is 64.8 Å². The number of hydrogen-bond donors (Lipinski definition) is 1. The third-order valence-electron chi connectivity index (χ3n) is 3.90. The van der Waals surface area contributed by atoms with Gasteiger partial charge in [0, 0.05) is 24.8 Å². The predicted molar refractivity (Wildman–Crippen MR) is 72.7 cm³/mol. The molecule has 1 aliphatic heterocycles. The van der Waals surface area contributed by atoms with Crippen LogP contribution in [0.4, 0.5) is 5.95 Å². The molecule has 1 unspecified atom stereocenters. The SMILES string of the molecule is Cc1cc(C#N)nc(NCC2CCN(C3CC3)C2)n1. The fourth-order valence-electron chi connectivity index (χ4n) is 2.74. The van der Waals surface area contributed by atoms with E-state index in [4.69, 9.17) is 5.26 Å². The molecule has 19 heavy (non-hydrogen) atoms. The number of nitrogens with one attached hydrogen (secondary N) is 1. The van der Waals surface area contributed by atoms with E-state index in [0.29, 0.717) is 17.6 Å². The Morgan fingerprint density at radius 3 is 3.00 bits per heavy atom. The number of aryl methyl sites for hydroxylation is 1. The zero-order valence-corrected chi connectivity index (χ0v) is 11.3. The minimum atomic E-state index is 0.432. The van der Waals surface area contributed by atoms with Crippen LogP contribution in [-0.2, 0) is 0 Å². The van der Waals surface area contributed by atoms with Crippen LogP contribution in [0.3, 0.4) is 0 Å². The zero-order valence-electron chi connectivity index (χ0n) is 11.3. The van der Waals surface area contributed by atoms with E-state index in [2.05, 4.69) is 26.3 Å². The molecule has 1 aromatic rings. The average molecular weight is 257 g/mol. The lowest BCUT2D eigenvalue weighted by molar-refractivity contribution is 0.316. The fourth-order valence-corrected chi connectivity index (χ4v) is 2.74. The first-order valence-corrected chi connectivity index (χ1v) is 6.98. The lowest BCUT2D eigenvalue weighted by Gasteiger charge is -2.15. The molecule has 100 valence electrons. The van der Waals surface area contributed by atoms with Gasteiger partial charge in [0.2, 0.25) is 5.95 Å². The molecule has 1 atom stereocenters. The number of likely N-dealkylation sites (tertiary alicyclic amines) is 1. The summed E-state index contributed by atoms with van der Waals surface area (Å²) < 4.78 is 0. The smallest absolute Gasteiger partial charge is 0.224 e. The number of nitriles is 1. The van der Waals surface area contributed by atoms with E-state index >= 15 is 0 Å². The van der Waals surface area contributed by atoms with Crippen LogP contribution in [0.15, 0.2) is 6.07 Å². The van der Waals surface area contributed by atoms with E-state index < -0.39 is 0 Å². The van der Waals surface area contributed by atoms with Crippen molar-refractivity contribution in [2.45, 2.75) is 32.2 Å². The Hall–Kier alpha value is -1.67. The van der Waals surface area contributed by atoms with Crippen LogP contribution < -0.4 is 5.32 Å². The van der Waals surface area contributed by atoms with Crippen LogP contribution in [-0.4, -0.2) is 40.5 Å². The van der Waals surface area contributed by atoms with Crippen LogP contribution in [0.1, 0.15) is 30.7 Å². The predicted octanol–water partition coefficient (Wildman–Crippen LogP) is 1.55. The van der Waals surface area contributed by atoms with Gasteiger partial charge < -0.3 is 10.2 Å². The molecule has 0 bridgehead atoms. The highest BCUT2D eigenvalue weighted by molar-refractivity contribution is 5.33. The van der Waals surface area contributed by atoms with Crippen molar-refractivity contribution in [3.8, 4) is 6.07 Å². The van der Waals surface area contributed by atoms with Crippen molar-refractivity contribution in [2.24, 2.45) is 5.92 Å². The molecule has 1 aliphatic carbocycles. The summed E-state index contributed by atoms with van der Waals surface area (Å²) in [5.41, 5.74) is 1.26. The number of rotatable bonds is 4. The van der Waals surface area contributed by atoms with E-state index in [9.17, 15) is 0 Å². The highest BCUT2D eigenvalue weighted by Crippen LogP contribution is 2.31. The van der Waals surface area contributed by atoms with Crippen molar-refractivity contribution in [3.63, 3.8) is 0 Å². The van der Waals surface area contributed by atoms with Gasteiger partial charge in [-0.3, -0.25) is 0 Å². The normalized spacial score (nSPS) is 23.3. The van der Waals surface area contributed by atoms with Gasteiger partial charge in [-0.05, 0) is 44.7 Å². The molecule has 2 aliphatic rings. The van der Waals surface area contributed by atoms with Crippen LogP contribution in [0.5, 0.6) is 0 Å². The lowest BCUT2D eigenvalue weighted by atomic mass is 10.1. The van der Waals surface area contributed by atoms with Crippen LogP contribution in [0.2, 0.25) is 0 Å². The monoisotopic (exact) mass is 257 g/mol. The summed E-state index contributed by atoms with van der Waals surface area (Å²) in [6.45, 7) is 5.21. The largest absolute Gasteiger partial charge is 0.354 e. The Labute approximate surface area is 113 Å². The Kier molecular flexibility index (Phi) is 3.34. The number of aromatic nitrogens is 2. The molecular formula is C14H19N5. The minimum Gasteiger partial charge on any atom is -0.354 e. The summed E-state index contributed by atoms with van der Waals surface area (Å²) in [6.07, 6.45) is 4.01. The van der Waals surface area contributed by atoms with Gasteiger partial charge >= 0.3 is 0 Å². The van der Waals surface area contributed by atoms with Gasteiger partial charge in [0.05, 0.1) is 0 Å². The van der Waals surface area contributed by atoms with E-state index in [-0.39, 0.29) is 0 Å². The molecule has 2 heterocycles. The lowest BCUT2D eigenvalue weighted by Crippen LogP contribution is -2.25. The molecule has 0 spiro atoms. The van der Waals surface area contributed by atoms with Gasteiger partial charge in [0.1, 0.15) is 11.8 Å². The summed E-state index contributed by atoms with van der Waals surface area (Å²) in [4.78, 5) is 11.1. The molecule has 1 saturated heterocycles. The summed E-state index contributed by atoms with van der Waals surface area (Å²) in [6, 6.07) is 4.64. The van der Waals surface area contributed by atoms with Crippen molar-refractivity contribution in [1.29, 1.82) is 5.26 Å². The first-order chi connectivity index (χ1) is 9.24. The summed E-state index contributed by atoms with van der Waals surface area (Å²) >= 11 is 0. The molecule has 1 N–H and O–H groups in total. The average Bonchev–Trinajstić information content (AvgIpc) is 3.15. The zero-order chi connectivity index (χ0) is 13.2. The Balaban J connectivity index is 1.54. The molecular weight excluding hydrogens is 238 g/mol. The Morgan fingerprint density at radius 2 is 2.26 bits per heavy atom. The van der Waals surface area contributed by atoms with Gasteiger partial charge in [-0.2, -0.15) is 5.26 Å². The molecule has 5 heteroatoms. The van der Waals surface area contributed by atoms with Crippen molar-refractivity contribution >= 4 is 5.95 Å². The molecule has 0 aromatic carbocycles. The number of hydrogen-bond acceptors (Lipinski definition) is 5. The maximum Gasteiger partial charge on any atom is 0.224 e. The summed E-state index contributed by atoms with van der Waals surface area (Å²) in [5.74, 6) is 1.26. The van der Waals surface area contributed by atoms with Gasteiger partial charge in [-0.1, -0.05) is 0 Å². The highest BCUT2D eigenvalue weighted by Gasteiger charge is 2.34. The van der Waals surface area contributed by atoms with Crippen LogP contribution in [0.25, 0.3) is 0 Å². The third kappa shape index (κ3) is 3.02. The maximum absolute atomic E-state index is 8.89.